The highest BCUT2D eigenvalue weighted by molar-refractivity contribution is 5.99. The molecule has 0 unspecified atom stereocenters. The van der Waals surface area contributed by atoms with Gasteiger partial charge in [-0.2, -0.15) is 0 Å². The molecule has 1 aromatic carbocycles. The van der Waals surface area contributed by atoms with Crippen molar-refractivity contribution in [3.63, 3.8) is 0 Å². The van der Waals surface area contributed by atoms with E-state index in [4.69, 9.17) is 15.7 Å². The number of halogens is 1. The van der Waals surface area contributed by atoms with E-state index in [0.717, 1.165) is 19.6 Å². The molecule has 1 heterocycles. The summed E-state index contributed by atoms with van der Waals surface area (Å²) in [6.07, 6.45) is 2.44. The van der Waals surface area contributed by atoms with E-state index in [2.05, 4.69) is 10.1 Å². The van der Waals surface area contributed by atoms with E-state index in [1.54, 1.807) is 6.07 Å². The van der Waals surface area contributed by atoms with Crippen LogP contribution in [0.3, 0.4) is 0 Å². The van der Waals surface area contributed by atoms with Gasteiger partial charge in [0.05, 0.1) is 5.56 Å². The Morgan fingerprint density at radius 1 is 1.42 bits per heavy atom. The number of hydrogen-bond donors (Lipinski definition) is 2. The van der Waals surface area contributed by atoms with E-state index in [1.807, 2.05) is 0 Å². The van der Waals surface area contributed by atoms with Crippen molar-refractivity contribution in [2.45, 2.75) is 12.8 Å². The lowest BCUT2D eigenvalue weighted by molar-refractivity contribution is 0.236. The molecule has 0 radical (unpaired) electrons. The molecule has 2 rings (SSSR count). The zero-order valence-corrected chi connectivity index (χ0v) is 10.7. The lowest BCUT2D eigenvalue weighted by Crippen LogP contribution is -2.26. The molecule has 0 atom stereocenters. The lowest BCUT2D eigenvalue weighted by atomic mass is 10.1. The van der Waals surface area contributed by atoms with Gasteiger partial charge >= 0.3 is 0 Å². The van der Waals surface area contributed by atoms with Crippen LogP contribution in [-0.4, -0.2) is 42.2 Å². The summed E-state index contributed by atoms with van der Waals surface area (Å²) < 4.78 is 19.2. The number of hydrogen-bond acceptors (Lipinski definition) is 4. The Labute approximate surface area is 111 Å². The first-order chi connectivity index (χ1) is 9.22. The largest absolute Gasteiger partial charge is 0.491 e. The normalized spacial score (nSPS) is 16.8. The number of oxime groups is 1. The van der Waals surface area contributed by atoms with E-state index < -0.39 is 5.82 Å². The maximum Gasteiger partial charge on any atom is 0.176 e. The third-order valence-corrected chi connectivity index (χ3v) is 3.20. The Bertz CT molecular complexity index is 459. The van der Waals surface area contributed by atoms with Gasteiger partial charge in [0.1, 0.15) is 18.2 Å². The first-order valence-corrected chi connectivity index (χ1v) is 6.34. The minimum Gasteiger partial charge on any atom is -0.491 e. The summed E-state index contributed by atoms with van der Waals surface area (Å²) >= 11 is 0. The fourth-order valence-electron chi connectivity index (χ4n) is 2.21. The first kappa shape index (κ1) is 13.6. The van der Waals surface area contributed by atoms with Gasteiger partial charge in [-0.15, -0.1) is 0 Å². The Morgan fingerprint density at radius 2 is 2.16 bits per heavy atom. The van der Waals surface area contributed by atoms with Crippen molar-refractivity contribution in [3.8, 4) is 5.75 Å². The van der Waals surface area contributed by atoms with Gasteiger partial charge in [-0.1, -0.05) is 11.2 Å². The SMILES string of the molecule is NC(=NO)c1c(F)cccc1OCCN1CCCC1. The lowest BCUT2D eigenvalue weighted by Gasteiger charge is -2.16. The molecule has 3 N–H and O–H groups in total. The predicted molar refractivity (Wildman–Crippen MR) is 70.1 cm³/mol. The summed E-state index contributed by atoms with van der Waals surface area (Å²) in [5.74, 6) is -0.544. The van der Waals surface area contributed by atoms with Crippen LogP contribution in [0.25, 0.3) is 0 Å². The van der Waals surface area contributed by atoms with Gasteiger partial charge < -0.3 is 15.7 Å². The molecule has 0 spiro atoms. The van der Waals surface area contributed by atoms with E-state index in [-0.39, 0.29) is 11.4 Å². The zero-order chi connectivity index (χ0) is 13.7. The van der Waals surface area contributed by atoms with Crippen molar-refractivity contribution in [1.29, 1.82) is 0 Å². The van der Waals surface area contributed by atoms with Gasteiger partial charge in [0.15, 0.2) is 5.84 Å². The molecule has 19 heavy (non-hydrogen) atoms. The molecule has 0 saturated carbocycles. The second-order valence-electron chi connectivity index (χ2n) is 4.50. The number of nitrogens with zero attached hydrogens (tertiary/aromatic N) is 2. The third-order valence-electron chi connectivity index (χ3n) is 3.20. The van der Waals surface area contributed by atoms with Crippen LogP contribution in [0.2, 0.25) is 0 Å². The monoisotopic (exact) mass is 267 g/mol. The Hall–Kier alpha value is -1.82. The van der Waals surface area contributed by atoms with Crippen molar-refractivity contribution in [2.75, 3.05) is 26.2 Å². The van der Waals surface area contributed by atoms with Crippen molar-refractivity contribution in [1.82, 2.24) is 4.90 Å². The van der Waals surface area contributed by atoms with Gasteiger partial charge in [0.2, 0.25) is 0 Å². The molecular weight excluding hydrogens is 249 g/mol. The van der Waals surface area contributed by atoms with Crippen LogP contribution >= 0.6 is 0 Å². The van der Waals surface area contributed by atoms with E-state index in [1.165, 1.54) is 25.0 Å². The molecule has 1 saturated heterocycles. The molecule has 0 bridgehead atoms. The highest BCUT2D eigenvalue weighted by Gasteiger charge is 2.15. The first-order valence-electron chi connectivity index (χ1n) is 6.34. The minimum atomic E-state index is -0.561. The topological polar surface area (TPSA) is 71.1 Å². The quantitative estimate of drug-likeness (QED) is 0.366. The summed E-state index contributed by atoms with van der Waals surface area (Å²) in [7, 11) is 0. The van der Waals surface area contributed by atoms with Crippen LogP contribution in [0.4, 0.5) is 4.39 Å². The Kier molecular flexibility index (Phi) is 4.57. The number of rotatable bonds is 5. The second-order valence-corrected chi connectivity index (χ2v) is 4.50. The summed E-state index contributed by atoms with van der Waals surface area (Å²) in [6.45, 7) is 3.42. The summed E-state index contributed by atoms with van der Waals surface area (Å²) in [6, 6.07) is 4.40. The summed E-state index contributed by atoms with van der Waals surface area (Å²) in [4.78, 5) is 2.29. The van der Waals surface area contributed by atoms with Crippen molar-refractivity contribution >= 4 is 5.84 Å². The highest BCUT2D eigenvalue weighted by atomic mass is 19.1. The Balaban J connectivity index is 2.01. The summed E-state index contributed by atoms with van der Waals surface area (Å²) in [5.41, 5.74) is 5.47. The van der Waals surface area contributed by atoms with Crippen LogP contribution in [0.1, 0.15) is 18.4 Å². The molecule has 6 heteroatoms. The number of amidine groups is 1. The van der Waals surface area contributed by atoms with Crippen LogP contribution in [-0.2, 0) is 0 Å². The van der Waals surface area contributed by atoms with Gasteiger partial charge in [-0.25, -0.2) is 4.39 Å². The van der Waals surface area contributed by atoms with Gasteiger partial charge in [0.25, 0.3) is 0 Å². The maximum atomic E-state index is 13.7. The highest BCUT2D eigenvalue weighted by Crippen LogP contribution is 2.21. The van der Waals surface area contributed by atoms with Crippen LogP contribution in [0.5, 0.6) is 5.75 Å². The fourth-order valence-corrected chi connectivity index (χ4v) is 2.21. The Morgan fingerprint density at radius 3 is 2.84 bits per heavy atom. The van der Waals surface area contributed by atoms with Crippen LogP contribution in [0, 0.1) is 5.82 Å². The maximum absolute atomic E-state index is 13.7. The third kappa shape index (κ3) is 3.35. The van der Waals surface area contributed by atoms with Crippen molar-refractivity contribution in [2.24, 2.45) is 10.9 Å². The molecule has 5 nitrogen and oxygen atoms in total. The molecule has 1 aliphatic rings. The second kappa shape index (κ2) is 6.38. The molecule has 1 aliphatic heterocycles. The van der Waals surface area contributed by atoms with E-state index in [9.17, 15) is 4.39 Å². The van der Waals surface area contributed by atoms with Crippen LogP contribution in [0.15, 0.2) is 23.4 Å². The smallest absolute Gasteiger partial charge is 0.176 e. The van der Waals surface area contributed by atoms with Crippen LogP contribution < -0.4 is 10.5 Å². The molecule has 0 aromatic heterocycles. The van der Waals surface area contributed by atoms with Crippen molar-refractivity contribution < 1.29 is 14.3 Å². The molecular formula is C13H18FN3O2. The zero-order valence-electron chi connectivity index (χ0n) is 10.7. The van der Waals surface area contributed by atoms with E-state index >= 15 is 0 Å². The predicted octanol–water partition coefficient (Wildman–Crippen LogP) is 1.39. The number of likely N-dealkylation sites (tertiary alicyclic amines) is 1. The van der Waals surface area contributed by atoms with Gasteiger partial charge in [-0.3, -0.25) is 4.90 Å². The molecule has 1 fully saturated rings. The fraction of sp³-hybridized carbons (Fsp3) is 0.462. The number of benzene rings is 1. The number of nitrogens with two attached hydrogens (primary N) is 1. The minimum absolute atomic E-state index is 0.00595. The molecule has 0 aliphatic carbocycles. The average molecular weight is 267 g/mol. The molecule has 104 valence electrons. The summed E-state index contributed by atoms with van der Waals surface area (Å²) in [5, 5.41) is 11.5. The average Bonchev–Trinajstić information content (AvgIpc) is 2.91. The van der Waals surface area contributed by atoms with E-state index in [0.29, 0.717) is 12.4 Å². The van der Waals surface area contributed by atoms with Gasteiger partial charge in [0, 0.05) is 6.54 Å². The molecule has 1 aromatic rings. The van der Waals surface area contributed by atoms with Crippen molar-refractivity contribution in [3.05, 3.63) is 29.6 Å². The van der Waals surface area contributed by atoms with Gasteiger partial charge in [-0.05, 0) is 38.1 Å². The standard InChI is InChI=1S/C13H18FN3O2/c14-10-4-3-5-11(12(10)13(15)16-18)19-9-8-17-6-1-2-7-17/h3-5,18H,1-2,6-9H2,(H2,15,16). The number of ether oxygens (including phenoxy) is 1. The molecule has 0 amide bonds.